The van der Waals surface area contributed by atoms with Gasteiger partial charge in [0.1, 0.15) is 5.78 Å². The van der Waals surface area contributed by atoms with E-state index < -0.39 is 0 Å². The third kappa shape index (κ3) is 3.45. The molecule has 1 fully saturated rings. The molecular weight excluding hydrogens is 270 g/mol. The summed E-state index contributed by atoms with van der Waals surface area (Å²) in [4.78, 5) is 12.4. The highest BCUT2D eigenvalue weighted by Crippen LogP contribution is 2.23. The molecule has 0 amide bonds. The molecule has 2 atom stereocenters. The van der Waals surface area contributed by atoms with Gasteiger partial charge in [-0.3, -0.25) is 4.79 Å². The molecule has 0 aliphatic carbocycles. The number of ketones is 1. The Morgan fingerprint density at radius 3 is 2.50 bits per heavy atom. The number of carbonyl (C=O) groups excluding carboxylic acids is 1. The van der Waals surface area contributed by atoms with E-state index in [2.05, 4.69) is 29.6 Å². The molecule has 0 radical (unpaired) electrons. The Morgan fingerprint density at radius 2 is 1.86 bits per heavy atom. The van der Waals surface area contributed by atoms with Gasteiger partial charge in [0.2, 0.25) is 0 Å². The van der Waals surface area contributed by atoms with Crippen molar-refractivity contribution in [2.45, 2.75) is 31.6 Å². The number of benzene rings is 2. The number of carbonyl (C=O) groups is 1. The monoisotopic (exact) mass is 293 g/mol. The minimum Gasteiger partial charge on any atom is -0.316 e. The van der Waals surface area contributed by atoms with E-state index in [0.717, 1.165) is 24.2 Å². The largest absolute Gasteiger partial charge is 0.316 e. The molecule has 0 saturated carbocycles. The first-order valence-electron chi connectivity index (χ1n) is 8.11. The van der Waals surface area contributed by atoms with Crippen LogP contribution in [0.15, 0.2) is 54.6 Å². The maximum atomic E-state index is 12.4. The molecule has 2 heteroatoms. The lowest BCUT2D eigenvalue weighted by Crippen LogP contribution is -2.12. The second kappa shape index (κ2) is 6.89. The molecule has 2 aromatic rings. The molecular formula is C20H23NO. The highest BCUT2D eigenvalue weighted by Gasteiger charge is 2.18. The van der Waals surface area contributed by atoms with Crippen LogP contribution in [0, 0.1) is 0 Å². The molecule has 0 bridgehead atoms. The average Bonchev–Trinajstić information content (AvgIpc) is 3.10. The standard InChI is InChI=1S/C20H23NO/c1-15(17-5-3-2-4-6-17)20(22)13-16-7-9-18(10-8-16)19-11-12-21-14-19/h2-10,15,19,21H,11-14H2,1H3/t15-,19?/m1/s1. The fourth-order valence-electron chi connectivity index (χ4n) is 3.13. The third-order valence-corrected chi connectivity index (χ3v) is 4.67. The first-order chi connectivity index (χ1) is 10.7. The molecule has 1 N–H and O–H groups in total. The van der Waals surface area contributed by atoms with Crippen LogP contribution in [0.1, 0.15) is 41.9 Å². The molecule has 114 valence electrons. The molecule has 1 aliphatic rings. The molecule has 2 nitrogen and oxygen atoms in total. The van der Waals surface area contributed by atoms with Gasteiger partial charge < -0.3 is 5.32 Å². The van der Waals surface area contributed by atoms with Crippen molar-refractivity contribution in [2.24, 2.45) is 0 Å². The fourth-order valence-corrected chi connectivity index (χ4v) is 3.13. The van der Waals surface area contributed by atoms with Crippen LogP contribution in [0.25, 0.3) is 0 Å². The van der Waals surface area contributed by atoms with Gasteiger partial charge in [-0.2, -0.15) is 0 Å². The lowest BCUT2D eigenvalue weighted by Gasteiger charge is -2.12. The quantitative estimate of drug-likeness (QED) is 0.911. The van der Waals surface area contributed by atoms with Gasteiger partial charge in [-0.05, 0) is 35.6 Å². The summed E-state index contributed by atoms with van der Waals surface area (Å²) in [5, 5.41) is 3.40. The normalized spacial score (nSPS) is 19.0. The van der Waals surface area contributed by atoms with Crippen molar-refractivity contribution >= 4 is 5.78 Å². The van der Waals surface area contributed by atoms with Crippen LogP contribution in [-0.2, 0) is 11.2 Å². The summed E-state index contributed by atoms with van der Waals surface area (Å²) in [6.45, 7) is 4.18. The van der Waals surface area contributed by atoms with Crippen molar-refractivity contribution in [1.82, 2.24) is 5.32 Å². The van der Waals surface area contributed by atoms with E-state index in [0.29, 0.717) is 12.3 Å². The van der Waals surface area contributed by atoms with Gasteiger partial charge in [-0.15, -0.1) is 0 Å². The molecule has 1 heterocycles. The molecule has 22 heavy (non-hydrogen) atoms. The Kier molecular flexibility index (Phi) is 4.69. The number of hydrogen-bond acceptors (Lipinski definition) is 2. The van der Waals surface area contributed by atoms with Gasteiger partial charge >= 0.3 is 0 Å². The van der Waals surface area contributed by atoms with Gasteiger partial charge in [0.25, 0.3) is 0 Å². The highest BCUT2D eigenvalue weighted by molar-refractivity contribution is 5.87. The average molecular weight is 293 g/mol. The molecule has 2 aromatic carbocycles. The Morgan fingerprint density at radius 1 is 1.14 bits per heavy atom. The van der Waals surface area contributed by atoms with Crippen LogP contribution < -0.4 is 5.32 Å². The van der Waals surface area contributed by atoms with Crippen molar-refractivity contribution in [1.29, 1.82) is 0 Å². The third-order valence-electron chi connectivity index (χ3n) is 4.67. The number of hydrogen-bond donors (Lipinski definition) is 1. The summed E-state index contributed by atoms with van der Waals surface area (Å²) in [6, 6.07) is 18.6. The summed E-state index contributed by atoms with van der Waals surface area (Å²) >= 11 is 0. The lowest BCUT2D eigenvalue weighted by atomic mass is 9.91. The van der Waals surface area contributed by atoms with Crippen molar-refractivity contribution in [3.8, 4) is 0 Å². The van der Waals surface area contributed by atoms with Crippen LogP contribution in [0.2, 0.25) is 0 Å². The van der Waals surface area contributed by atoms with Crippen molar-refractivity contribution in [3.05, 3.63) is 71.3 Å². The van der Waals surface area contributed by atoms with Crippen LogP contribution in [0.4, 0.5) is 0 Å². The summed E-state index contributed by atoms with van der Waals surface area (Å²) < 4.78 is 0. The molecule has 1 saturated heterocycles. The van der Waals surface area contributed by atoms with Crippen LogP contribution in [0.5, 0.6) is 0 Å². The Hall–Kier alpha value is -1.93. The van der Waals surface area contributed by atoms with E-state index in [4.69, 9.17) is 0 Å². The SMILES string of the molecule is C[C@@H](C(=O)Cc1ccc(C2CCNC2)cc1)c1ccccc1. The van der Waals surface area contributed by atoms with Gasteiger partial charge in [0.15, 0.2) is 0 Å². The Bertz CT molecular complexity index is 612. The smallest absolute Gasteiger partial charge is 0.144 e. The second-order valence-electron chi connectivity index (χ2n) is 6.21. The predicted octanol–water partition coefficient (Wildman–Crippen LogP) is 3.68. The zero-order valence-corrected chi connectivity index (χ0v) is 13.1. The number of Topliss-reactive ketones (excluding diaryl/α,β-unsaturated/α-hetero) is 1. The minimum atomic E-state index is -0.0418. The van der Waals surface area contributed by atoms with Gasteiger partial charge in [-0.25, -0.2) is 0 Å². The fraction of sp³-hybridized carbons (Fsp3) is 0.350. The van der Waals surface area contributed by atoms with Crippen molar-refractivity contribution in [2.75, 3.05) is 13.1 Å². The van der Waals surface area contributed by atoms with Crippen LogP contribution >= 0.6 is 0 Å². The van der Waals surface area contributed by atoms with Crippen LogP contribution in [-0.4, -0.2) is 18.9 Å². The van der Waals surface area contributed by atoms with Crippen molar-refractivity contribution in [3.63, 3.8) is 0 Å². The van der Waals surface area contributed by atoms with Gasteiger partial charge in [0, 0.05) is 18.9 Å². The molecule has 0 spiro atoms. The van der Waals surface area contributed by atoms with E-state index in [1.807, 2.05) is 37.3 Å². The summed E-state index contributed by atoms with van der Waals surface area (Å²) in [5.74, 6) is 0.870. The predicted molar refractivity (Wildman–Crippen MR) is 90.2 cm³/mol. The summed E-state index contributed by atoms with van der Waals surface area (Å²) in [6.07, 6.45) is 1.72. The number of nitrogens with one attached hydrogen (secondary N) is 1. The van der Waals surface area contributed by atoms with Gasteiger partial charge in [0.05, 0.1) is 0 Å². The summed E-state index contributed by atoms with van der Waals surface area (Å²) in [5.41, 5.74) is 3.60. The van der Waals surface area contributed by atoms with Gasteiger partial charge in [-0.1, -0.05) is 61.5 Å². The highest BCUT2D eigenvalue weighted by atomic mass is 16.1. The van der Waals surface area contributed by atoms with E-state index in [1.54, 1.807) is 0 Å². The molecule has 0 aromatic heterocycles. The lowest BCUT2D eigenvalue weighted by molar-refractivity contribution is -0.119. The van der Waals surface area contributed by atoms with E-state index in [1.165, 1.54) is 12.0 Å². The second-order valence-corrected chi connectivity index (χ2v) is 6.21. The first-order valence-corrected chi connectivity index (χ1v) is 8.11. The van der Waals surface area contributed by atoms with E-state index in [9.17, 15) is 4.79 Å². The molecule has 3 rings (SSSR count). The molecule has 1 unspecified atom stereocenters. The minimum absolute atomic E-state index is 0.0418. The van der Waals surface area contributed by atoms with Crippen LogP contribution in [0.3, 0.4) is 0 Å². The van der Waals surface area contributed by atoms with E-state index >= 15 is 0 Å². The van der Waals surface area contributed by atoms with E-state index in [-0.39, 0.29) is 11.7 Å². The Balaban J connectivity index is 1.64. The first kappa shape index (κ1) is 15.0. The zero-order chi connectivity index (χ0) is 15.4. The topological polar surface area (TPSA) is 29.1 Å². The summed E-state index contributed by atoms with van der Waals surface area (Å²) in [7, 11) is 0. The Labute approximate surface area is 132 Å². The maximum absolute atomic E-state index is 12.4. The zero-order valence-electron chi connectivity index (χ0n) is 13.1. The maximum Gasteiger partial charge on any atom is 0.144 e. The molecule has 1 aliphatic heterocycles. The van der Waals surface area contributed by atoms with Crippen molar-refractivity contribution < 1.29 is 4.79 Å². The number of rotatable bonds is 5.